The standard InChI is InChI=1S/C14H17N3O3S/c15-13(19)10-3-1-7-17(9-10)14(21)16-12(18)6-5-11-4-2-8-20-11/h2,4-6,8,10H,1,3,7,9H2,(H2,15,19)(H,16,18,21)/b6-5+. The quantitative estimate of drug-likeness (QED) is 0.639. The second kappa shape index (κ2) is 7.03. The van der Waals surface area contributed by atoms with Crippen molar-refractivity contribution >= 4 is 35.2 Å². The average molecular weight is 307 g/mol. The van der Waals surface area contributed by atoms with E-state index in [0.717, 1.165) is 12.8 Å². The van der Waals surface area contributed by atoms with E-state index < -0.39 is 0 Å². The summed E-state index contributed by atoms with van der Waals surface area (Å²) < 4.78 is 5.08. The molecule has 0 aliphatic carbocycles. The summed E-state index contributed by atoms with van der Waals surface area (Å²) >= 11 is 5.19. The van der Waals surface area contributed by atoms with Crippen molar-refractivity contribution in [3.05, 3.63) is 30.2 Å². The number of likely N-dealkylation sites (tertiary alicyclic amines) is 1. The van der Waals surface area contributed by atoms with Gasteiger partial charge in [-0.2, -0.15) is 0 Å². The molecule has 7 heteroatoms. The Hall–Kier alpha value is -2.15. The van der Waals surface area contributed by atoms with E-state index in [-0.39, 0.29) is 17.7 Å². The van der Waals surface area contributed by atoms with Crippen LogP contribution in [0.2, 0.25) is 0 Å². The number of carbonyl (C=O) groups excluding carboxylic acids is 2. The van der Waals surface area contributed by atoms with Crippen molar-refractivity contribution in [3.63, 3.8) is 0 Å². The predicted molar refractivity (Wildman–Crippen MR) is 82.0 cm³/mol. The Kier molecular flexibility index (Phi) is 5.10. The molecule has 2 amide bonds. The zero-order chi connectivity index (χ0) is 15.2. The van der Waals surface area contributed by atoms with Crippen LogP contribution in [-0.2, 0) is 9.59 Å². The fraction of sp³-hybridized carbons (Fsp3) is 0.357. The lowest BCUT2D eigenvalue weighted by Gasteiger charge is -2.32. The van der Waals surface area contributed by atoms with E-state index in [0.29, 0.717) is 24.0 Å². The zero-order valence-electron chi connectivity index (χ0n) is 11.5. The minimum atomic E-state index is -0.336. The predicted octanol–water partition coefficient (Wildman–Crippen LogP) is 0.891. The molecule has 0 bridgehead atoms. The van der Waals surface area contributed by atoms with Gasteiger partial charge in [-0.1, -0.05) is 0 Å². The number of primary amides is 1. The number of nitrogens with zero attached hydrogens (tertiary/aromatic N) is 1. The fourth-order valence-electron chi connectivity index (χ4n) is 2.16. The van der Waals surface area contributed by atoms with Gasteiger partial charge in [-0.25, -0.2) is 0 Å². The van der Waals surface area contributed by atoms with Gasteiger partial charge in [0, 0.05) is 19.2 Å². The van der Waals surface area contributed by atoms with Crippen LogP contribution < -0.4 is 11.1 Å². The summed E-state index contributed by atoms with van der Waals surface area (Å²) in [6.07, 6.45) is 6.02. The van der Waals surface area contributed by atoms with E-state index in [1.165, 1.54) is 12.3 Å². The highest BCUT2D eigenvalue weighted by Crippen LogP contribution is 2.16. The van der Waals surface area contributed by atoms with Gasteiger partial charge in [0.15, 0.2) is 5.11 Å². The number of piperidine rings is 1. The topological polar surface area (TPSA) is 88.6 Å². The number of furan rings is 1. The summed E-state index contributed by atoms with van der Waals surface area (Å²) in [6.45, 7) is 1.17. The first-order valence-electron chi connectivity index (χ1n) is 6.67. The van der Waals surface area contributed by atoms with Gasteiger partial charge in [-0.05, 0) is 43.3 Å². The fourth-order valence-corrected chi connectivity index (χ4v) is 2.43. The molecule has 2 rings (SSSR count). The third-order valence-electron chi connectivity index (χ3n) is 3.28. The summed E-state index contributed by atoms with van der Waals surface area (Å²) in [5.41, 5.74) is 5.31. The SMILES string of the molecule is NC(=O)C1CCCN(C(=S)NC(=O)/C=C/c2ccco2)C1. The van der Waals surface area contributed by atoms with Crippen LogP contribution in [0.15, 0.2) is 28.9 Å². The molecule has 0 radical (unpaired) electrons. The minimum Gasteiger partial charge on any atom is -0.465 e. The lowest BCUT2D eigenvalue weighted by atomic mass is 9.98. The molecule has 1 aromatic heterocycles. The van der Waals surface area contributed by atoms with E-state index in [9.17, 15) is 9.59 Å². The minimum absolute atomic E-state index is 0.215. The van der Waals surface area contributed by atoms with Gasteiger partial charge in [0.2, 0.25) is 11.8 Å². The summed E-state index contributed by atoms with van der Waals surface area (Å²) in [7, 11) is 0. The first kappa shape index (κ1) is 15.2. The van der Waals surface area contributed by atoms with Crippen LogP contribution in [-0.4, -0.2) is 34.9 Å². The lowest BCUT2D eigenvalue weighted by molar-refractivity contribution is -0.122. The lowest BCUT2D eigenvalue weighted by Crippen LogP contribution is -2.49. The second-order valence-electron chi connectivity index (χ2n) is 4.83. The molecule has 6 nitrogen and oxygen atoms in total. The van der Waals surface area contributed by atoms with E-state index in [1.54, 1.807) is 23.1 Å². The third kappa shape index (κ3) is 4.42. The molecule has 1 aliphatic heterocycles. The Bertz CT molecular complexity index is 554. The second-order valence-corrected chi connectivity index (χ2v) is 5.22. The summed E-state index contributed by atoms with van der Waals surface area (Å²) in [5.74, 6) is -0.292. The molecule has 1 aliphatic rings. The average Bonchev–Trinajstić information content (AvgIpc) is 2.98. The monoisotopic (exact) mass is 307 g/mol. The van der Waals surface area contributed by atoms with Crippen LogP contribution in [0.1, 0.15) is 18.6 Å². The molecule has 3 N–H and O–H groups in total. The maximum absolute atomic E-state index is 11.8. The molecule has 1 aromatic rings. The van der Waals surface area contributed by atoms with Crippen LogP contribution in [0.3, 0.4) is 0 Å². The number of hydrogen-bond acceptors (Lipinski definition) is 4. The molecule has 0 aromatic carbocycles. The number of nitrogens with one attached hydrogen (secondary N) is 1. The van der Waals surface area contributed by atoms with E-state index >= 15 is 0 Å². The first-order valence-corrected chi connectivity index (χ1v) is 7.08. The molecule has 0 spiro atoms. The van der Waals surface area contributed by atoms with Gasteiger partial charge in [-0.3, -0.25) is 14.9 Å². The number of rotatable bonds is 3. The van der Waals surface area contributed by atoms with Crippen molar-refractivity contribution in [1.29, 1.82) is 0 Å². The molecule has 1 atom stereocenters. The van der Waals surface area contributed by atoms with Gasteiger partial charge in [-0.15, -0.1) is 0 Å². The molecule has 0 saturated carbocycles. The number of amides is 2. The molecule has 1 fully saturated rings. The smallest absolute Gasteiger partial charge is 0.250 e. The van der Waals surface area contributed by atoms with Gasteiger partial charge in [0.25, 0.3) is 0 Å². The number of nitrogens with two attached hydrogens (primary N) is 1. The van der Waals surface area contributed by atoms with Gasteiger partial charge >= 0.3 is 0 Å². The summed E-state index contributed by atoms with van der Waals surface area (Å²) in [6, 6.07) is 3.48. The van der Waals surface area contributed by atoms with Crippen molar-refractivity contribution in [3.8, 4) is 0 Å². The maximum Gasteiger partial charge on any atom is 0.250 e. The Morgan fingerprint density at radius 3 is 3.00 bits per heavy atom. The Labute approximate surface area is 128 Å². The molecular formula is C14H17N3O3S. The molecule has 2 heterocycles. The number of thiocarbonyl (C=S) groups is 1. The van der Waals surface area contributed by atoms with Crippen LogP contribution in [0.25, 0.3) is 6.08 Å². The molecule has 112 valence electrons. The number of hydrogen-bond donors (Lipinski definition) is 2. The molecule has 21 heavy (non-hydrogen) atoms. The first-order chi connectivity index (χ1) is 10.1. The summed E-state index contributed by atoms with van der Waals surface area (Å²) in [4.78, 5) is 24.8. The molecule has 1 saturated heterocycles. The van der Waals surface area contributed by atoms with Crippen LogP contribution >= 0.6 is 12.2 Å². The van der Waals surface area contributed by atoms with Gasteiger partial charge in [0.05, 0.1) is 12.2 Å². The Morgan fingerprint density at radius 2 is 2.33 bits per heavy atom. The van der Waals surface area contributed by atoms with E-state index in [1.807, 2.05) is 0 Å². The maximum atomic E-state index is 11.8. The van der Waals surface area contributed by atoms with E-state index in [4.69, 9.17) is 22.4 Å². The normalized spacial score (nSPS) is 18.7. The highest BCUT2D eigenvalue weighted by atomic mass is 32.1. The van der Waals surface area contributed by atoms with Crippen molar-refractivity contribution in [2.75, 3.05) is 13.1 Å². The largest absolute Gasteiger partial charge is 0.465 e. The number of carbonyl (C=O) groups is 2. The molecule has 1 unspecified atom stereocenters. The van der Waals surface area contributed by atoms with Gasteiger partial charge in [0.1, 0.15) is 5.76 Å². The van der Waals surface area contributed by atoms with Crippen LogP contribution in [0.5, 0.6) is 0 Å². The van der Waals surface area contributed by atoms with Crippen LogP contribution in [0, 0.1) is 5.92 Å². The highest BCUT2D eigenvalue weighted by molar-refractivity contribution is 7.80. The van der Waals surface area contributed by atoms with Crippen molar-refractivity contribution in [2.24, 2.45) is 11.7 Å². The van der Waals surface area contributed by atoms with Crippen molar-refractivity contribution in [1.82, 2.24) is 10.2 Å². The van der Waals surface area contributed by atoms with E-state index in [2.05, 4.69) is 5.32 Å². The molecular weight excluding hydrogens is 290 g/mol. The third-order valence-corrected chi connectivity index (χ3v) is 3.64. The van der Waals surface area contributed by atoms with Crippen LogP contribution in [0.4, 0.5) is 0 Å². The van der Waals surface area contributed by atoms with Crippen molar-refractivity contribution < 1.29 is 14.0 Å². The Morgan fingerprint density at radius 1 is 1.52 bits per heavy atom. The van der Waals surface area contributed by atoms with Gasteiger partial charge < -0.3 is 15.1 Å². The van der Waals surface area contributed by atoms with Crippen molar-refractivity contribution in [2.45, 2.75) is 12.8 Å². The zero-order valence-corrected chi connectivity index (χ0v) is 12.3. The highest BCUT2D eigenvalue weighted by Gasteiger charge is 2.25. The Balaban J connectivity index is 1.86. The summed E-state index contributed by atoms with van der Waals surface area (Å²) in [5, 5.41) is 2.92.